The second-order valence-corrected chi connectivity index (χ2v) is 7.55. The summed E-state index contributed by atoms with van der Waals surface area (Å²) in [6, 6.07) is 4.75. The molecule has 1 amide bonds. The fourth-order valence-electron chi connectivity index (χ4n) is 3.79. The highest BCUT2D eigenvalue weighted by atomic mass is 16.2. The second-order valence-electron chi connectivity index (χ2n) is 7.55. The average Bonchev–Trinajstić information content (AvgIpc) is 3.36. The smallest absolute Gasteiger partial charge is 0.273 e. The maximum absolute atomic E-state index is 12.5. The van der Waals surface area contributed by atoms with Gasteiger partial charge in [-0.3, -0.25) is 9.48 Å². The number of hydrogen-bond acceptors (Lipinski definition) is 6. The summed E-state index contributed by atoms with van der Waals surface area (Å²) >= 11 is 0. The van der Waals surface area contributed by atoms with Gasteiger partial charge in [0.05, 0.1) is 12.7 Å². The number of carbonyl (C=O) groups excluding carboxylic acids is 1. The van der Waals surface area contributed by atoms with Crippen molar-refractivity contribution < 1.29 is 4.79 Å². The van der Waals surface area contributed by atoms with Gasteiger partial charge in [-0.05, 0) is 50.8 Å². The molecule has 0 radical (unpaired) electrons. The molecule has 4 rings (SSSR count). The van der Waals surface area contributed by atoms with Crippen LogP contribution in [0, 0.1) is 6.92 Å². The van der Waals surface area contributed by atoms with E-state index < -0.39 is 0 Å². The predicted molar refractivity (Wildman–Crippen MR) is 103 cm³/mol. The van der Waals surface area contributed by atoms with Crippen molar-refractivity contribution in [3.63, 3.8) is 0 Å². The minimum atomic E-state index is -0.132. The van der Waals surface area contributed by atoms with Gasteiger partial charge in [-0.1, -0.05) is 11.3 Å². The third kappa shape index (κ3) is 4.44. The third-order valence-electron chi connectivity index (χ3n) is 5.39. The van der Waals surface area contributed by atoms with Gasteiger partial charge in [-0.25, -0.2) is 4.98 Å². The molecule has 2 aromatic rings. The van der Waals surface area contributed by atoms with Crippen LogP contribution in [0.4, 0.5) is 5.82 Å². The highest BCUT2D eigenvalue weighted by molar-refractivity contribution is 5.92. The second kappa shape index (κ2) is 8.04. The van der Waals surface area contributed by atoms with Crippen molar-refractivity contribution in [2.75, 3.05) is 24.5 Å². The highest BCUT2D eigenvalue weighted by Gasteiger charge is 2.23. The SMILES string of the molecule is Cc1ccc(N2CCC(NC(=O)c3cn(CC4CCCN4)nn3)CC2)nc1. The Morgan fingerprint density at radius 1 is 1.30 bits per heavy atom. The zero-order chi connectivity index (χ0) is 18.6. The highest BCUT2D eigenvalue weighted by Crippen LogP contribution is 2.18. The molecule has 0 aliphatic carbocycles. The van der Waals surface area contributed by atoms with Crippen molar-refractivity contribution in [2.24, 2.45) is 0 Å². The number of amides is 1. The summed E-state index contributed by atoms with van der Waals surface area (Å²) in [5, 5.41) is 14.7. The first-order valence-corrected chi connectivity index (χ1v) is 9.79. The molecule has 4 heterocycles. The number of aryl methyl sites for hydroxylation is 1. The van der Waals surface area contributed by atoms with Crippen molar-refractivity contribution in [2.45, 2.75) is 51.2 Å². The standard InChI is InChI=1S/C19H27N7O/c1-14-4-5-18(21-11-14)25-9-6-15(7-10-25)22-19(27)17-13-26(24-23-17)12-16-3-2-8-20-16/h4-5,11,13,15-16,20H,2-3,6-10,12H2,1H3,(H,22,27). The summed E-state index contributed by atoms with van der Waals surface area (Å²) in [7, 11) is 0. The van der Waals surface area contributed by atoms with Gasteiger partial charge < -0.3 is 15.5 Å². The number of rotatable bonds is 5. The molecule has 1 atom stereocenters. The zero-order valence-electron chi connectivity index (χ0n) is 15.8. The molecule has 0 bridgehead atoms. The number of aromatic nitrogens is 4. The number of anilines is 1. The van der Waals surface area contributed by atoms with Gasteiger partial charge in [0.25, 0.3) is 5.91 Å². The molecular weight excluding hydrogens is 342 g/mol. The van der Waals surface area contributed by atoms with Crippen LogP contribution < -0.4 is 15.5 Å². The van der Waals surface area contributed by atoms with Gasteiger partial charge in [0.2, 0.25) is 0 Å². The molecule has 1 unspecified atom stereocenters. The average molecular weight is 369 g/mol. The quantitative estimate of drug-likeness (QED) is 0.822. The van der Waals surface area contributed by atoms with E-state index in [9.17, 15) is 4.79 Å². The summed E-state index contributed by atoms with van der Waals surface area (Å²) in [4.78, 5) is 19.2. The Morgan fingerprint density at radius 2 is 2.15 bits per heavy atom. The fraction of sp³-hybridized carbons (Fsp3) is 0.579. The van der Waals surface area contributed by atoms with Crippen LogP contribution in [0.25, 0.3) is 0 Å². The number of hydrogen-bond donors (Lipinski definition) is 2. The molecule has 0 spiro atoms. The van der Waals surface area contributed by atoms with E-state index in [0.717, 1.165) is 56.8 Å². The minimum Gasteiger partial charge on any atom is -0.356 e. The molecule has 2 aromatic heterocycles. The van der Waals surface area contributed by atoms with Crippen LogP contribution in [0.1, 0.15) is 41.7 Å². The molecule has 27 heavy (non-hydrogen) atoms. The van der Waals surface area contributed by atoms with Crippen LogP contribution in [0.3, 0.4) is 0 Å². The maximum Gasteiger partial charge on any atom is 0.273 e. The van der Waals surface area contributed by atoms with Crippen LogP contribution in [-0.2, 0) is 6.54 Å². The Kier molecular flexibility index (Phi) is 5.33. The number of nitrogens with one attached hydrogen (secondary N) is 2. The molecule has 0 aromatic carbocycles. The van der Waals surface area contributed by atoms with E-state index in [1.165, 1.54) is 6.42 Å². The number of nitrogens with zero attached hydrogens (tertiary/aromatic N) is 5. The van der Waals surface area contributed by atoms with Crippen LogP contribution in [0.2, 0.25) is 0 Å². The first-order valence-electron chi connectivity index (χ1n) is 9.79. The van der Waals surface area contributed by atoms with Crippen LogP contribution in [0.15, 0.2) is 24.5 Å². The van der Waals surface area contributed by atoms with Gasteiger partial charge >= 0.3 is 0 Å². The van der Waals surface area contributed by atoms with E-state index in [0.29, 0.717) is 11.7 Å². The maximum atomic E-state index is 12.5. The molecule has 144 valence electrons. The predicted octanol–water partition coefficient (Wildman–Crippen LogP) is 1.13. The fourth-order valence-corrected chi connectivity index (χ4v) is 3.79. The molecule has 2 fully saturated rings. The van der Waals surface area contributed by atoms with E-state index in [1.807, 2.05) is 13.1 Å². The zero-order valence-corrected chi connectivity index (χ0v) is 15.8. The molecule has 8 nitrogen and oxygen atoms in total. The van der Waals surface area contributed by atoms with Crippen LogP contribution >= 0.6 is 0 Å². The Labute approximate surface area is 159 Å². The van der Waals surface area contributed by atoms with E-state index >= 15 is 0 Å². The van der Waals surface area contributed by atoms with Crippen molar-refractivity contribution in [3.05, 3.63) is 35.8 Å². The molecule has 2 saturated heterocycles. The molecule has 2 aliphatic rings. The topological polar surface area (TPSA) is 88.0 Å². The normalized spacial score (nSPS) is 20.8. The summed E-state index contributed by atoms with van der Waals surface area (Å²) in [6.07, 6.45) is 7.80. The minimum absolute atomic E-state index is 0.132. The lowest BCUT2D eigenvalue weighted by atomic mass is 10.0. The van der Waals surface area contributed by atoms with Gasteiger partial charge in [-0.15, -0.1) is 5.10 Å². The van der Waals surface area contributed by atoms with Crippen molar-refractivity contribution in [1.82, 2.24) is 30.6 Å². The molecule has 0 saturated carbocycles. The molecular formula is C19H27N7O. The van der Waals surface area contributed by atoms with Gasteiger partial charge in [0.15, 0.2) is 5.69 Å². The van der Waals surface area contributed by atoms with Crippen molar-refractivity contribution >= 4 is 11.7 Å². The summed E-state index contributed by atoms with van der Waals surface area (Å²) in [6.45, 7) is 5.65. The molecule has 2 N–H and O–H groups in total. The number of pyridine rings is 1. The van der Waals surface area contributed by atoms with Crippen LogP contribution in [0.5, 0.6) is 0 Å². The number of piperidine rings is 1. The lowest BCUT2D eigenvalue weighted by molar-refractivity contribution is 0.0926. The van der Waals surface area contributed by atoms with E-state index in [1.54, 1.807) is 10.9 Å². The monoisotopic (exact) mass is 369 g/mol. The van der Waals surface area contributed by atoms with Crippen molar-refractivity contribution in [1.29, 1.82) is 0 Å². The summed E-state index contributed by atoms with van der Waals surface area (Å²) in [5.74, 6) is 0.876. The molecule has 8 heteroatoms. The van der Waals surface area contributed by atoms with Gasteiger partial charge in [-0.2, -0.15) is 0 Å². The first-order chi connectivity index (χ1) is 13.2. The lowest BCUT2D eigenvalue weighted by Gasteiger charge is -2.33. The Hall–Kier alpha value is -2.48. The molecule has 2 aliphatic heterocycles. The lowest BCUT2D eigenvalue weighted by Crippen LogP contribution is -2.45. The Bertz CT molecular complexity index is 759. The Morgan fingerprint density at radius 3 is 2.85 bits per heavy atom. The van der Waals surface area contributed by atoms with E-state index in [-0.39, 0.29) is 11.9 Å². The van der Waals surface area contributed by atoms with E-state index in [4.69, 9.17) is 0 Å². The first kappa shape index (κ1) is 17.9. The summed E-state index contributed by atoms with van der Waals surface area (Å²) in [5.41, 5.74) is 1.56. The van der Waals surface area contributed by atoms with Gasteiger partial charge in [0.1, 0.15) is 5.82 Å². The van der Waals surface area contributed by atoms with Crippen molar-refractivity contribution in [3.8, 4) is 0 Å². The summed E-state index contributed by atoms with van der Waals surface area (Å²) < 4.78 is 1.77. The largest absolute Gasteiger partial charge is 0.356 e. The van der Waals surface area contributed by atoms with Gasteiger partial charge in [0, 0.05) is 31.4 Å². The van der Waals surface area contributed by atoms with E-state index in [2.05, 4.69) is 43.0 Å². The third-order valence-corrected chi connectivity index (χ3v) is 5.39. The van der Waals surface area contributed by atoms with Crippen LogP contribution in [-0.4, -0.2) is 57.6 Å². The number of carbonyl (C=O) groups is 1. The Balaban J connectivity index is 1.26.